The van der Waals surface area contributed by atoms with Gasteiger partial charge < -0.3 is 20.3 Å². The van der Waals surface area contributed by atoms with Crippen LogP contribution in [0.5, 0.6) is 0 Å². The summed E-state index contributed by atoms with van der Waals surface area (Å²) in [5.41, 5.74) is 0. The van der Waals surface area contributed by atoms with Gasteiger partial charge in [-0.25, -0.2) is 0 Å². The number of aliphatic hydroxyl groups excluding tert-OH is 2. The lowest BCUT2D eigenvalue weighted by Crippen LogP contribution is -2.45. The van der Waals surface area contributed by atoms with Crippen LogP contribution >= 0.6 is 0 Å². The van der Waals surface area contributed by atoms with E-state index >= 15 is 0 Å². The number of esters is 1. The normalized spacial score (nSPS) is 12.6. The lowest BCUT2D eigenvalue weighted by Gasteiger charge is -2.22. The van der Waals surface area contributed by atoms with Gasteiger partial charge in [0.2, 0.25) is 5.91 Å². The Balaban J connectivity index is 3.43. The standard InChI is InChI=1S/C66H129NO5/c1-3-5-7-9-11-13-15-17-19-20-21-22-23-24-27-31-34-38-42-46-50-54-58-64(69)63(62-68)67-65(70)59-55-51-47-43-39-35-32-28-25-26-29-33-37-41-45-49-53-57-61-72-66(71)60-56-52-48-44-40-36-30-18-16-14-12-10-8-6-4-2/h28,32,63-64,68-69H,3-27,29-31,33-62H2,1-2H3,(H,67,70)/b32-28-. The van der Waals surface area contributed by atoms with Gasteiger partial charge in [-0.2, -0.15) is 0 Å². The van der Waals surface area contributed by atoms with Gasteiger partial charge in [-0.3, -0.25) is 9.59 Å². The molecule has 0 heterocycles. The summed E-state index contributed by atoms with van der Waals surface area (Å²) in [5.74, 6) is -0.0377. The molecule has 2 unspecified atom stereocenters. The maximum Gasteiger partial charge on any atom is 0.305 e. The molecule has 0 saturated carbocycles. The summed E-state index contributed by atoms with van der Waals surface area (Å²) in [6.45, 7) is 4.98. The summed E-state index contributed by atoms with van der Waals surface area (Å²) in [4.78, 5) is 24.6. The van der Waals surface area contributed by atoms with Gasteiger partial charge in [0.05, 0.1) is 25.4 Å². The Morgan fingerprint density at radius 2 is 0.653 bits per heavy atom. The largest absolute Gasteiger partial charge is 0.466 e. The Hall–Kier alpha value is -1.40. The predicted octanol–water partition coefficient (Wildman–Crippen LogP) is 20.8. The molecular weight excluding hydrogens is 887 g/mol. The van der Waals surface area contributed by atoms with Gasteiger partial charge in [-0.05, 0) is 51.4 Å². The van der Waals surface area contributed by atoms with Crippen LogP contribution in [-0.2, 0) is 14.3 Å². The molecule has 0 aliphatic rings. The first-order chi connectivity index (χ1) is 35.5. The third-order valence-electron chi connectivity index (χ3n) is 15.6. The maximum atomic E-state index is 12.5. The fourth-order valence-electron chi connectivity index (χ4n) is 10.5. The predicted molar refractivity (Wildman–Crippen MR) is 315 cm³/mol. The van der Waals surface area contributed by atoms with Crippen molar-refractivity contribution in [1.29, 1.82) is 0 Å². The third kappa shape index (κ3) is 57.9. The minimum atomic E-state index is -0.673. The highest BCUT2D eigenvalue weighted by Gasteiger charge is 2.20. The van der Waals surface area contributed by atoms with Gasteiger partial charge in [0, 0.05) is 12.8 Å². The van der Waals surface area contributed by atoms with E-state index in [1.165, 1.54) is 289 Å². The van der Waals surface area contributed by atoms with Crippen LogP contribution in [0.1, 0.15) is 373 Å². The molecule has 0 aliphatic carbocycles. The number of carbonyl (C=O) groups excluding carboxylic acids is 2. The van der Waals surface area contributed by atoms with Crippen molar-refractivity contribution in [2.45, 2.75) is 386 Å². The number of hydrogen-bond acceptors (Lipinski definition) is 5. The van der Waals surface area contributed by atoms with Crippen molar-refractivity contribution in [3.8, 4) is 0 Å². The molecule has 0 aromatic carbocycles. The van der Waals surface area contributed by atoms with E-state index in [-0.39, 0.29) is 18.5 Å². The number of nitrogens with one attached hydrogen (secondary N) is 1. The van der Waals surface area contributed by atoms with Crippen LogP contribution in [0.4, 0.5) is 0 Å². The molecule has 0 spiro atoms. The fourth-order valence-corrected chi connectivity index (χ4v) is 10.5. The molecule has 0 aromatic heterocycles. The van der Waals surface area contributed by atoms with Crippen LogP contribution in [0.15, 0.2) is 12.2 Å². The minimum absolute atomic E-state index is 0.00705. The van der Waals surface area contributed by atoms with Gasteiger partial charge in [0.1, 0.15) is 0 Å². The second-order valence-corrected chi connectivity index (χ2v) is 22.8. The first-order valence-corrected chi connectivity index (χ1v) is 32.9. The van der Waals surface area contributed by atoms with E-state index in [0.29, 0.717) is 25.9 Å². The molecule has 0 radical (unpaired) electrons. The van der Waals surface area contributed by atoms with E-state index in [2.05, 4.69) is 31.3 Å². The summed E-state index contributed by atoms with van der Waals surface area (Å²) in [7, 11) is 0. The van der Waals surface area contributed by atoms with Crippen molar-refractivity contribution < 1.29 is 24.5 Å². The molecule has 428 valence electrons. The zero-order chi connectivity index (χ0) is 52.2. The molecule has 0 fully saturated rings. The Bertz CT molecular complexity index is 1080. The lowest BCUT2D eigenvalue weighted by atomic mass is 10.0. The maximum absolute atomic E-state index is 12.5. The van der Waals surface area contributed by atoms with Crippen LogP contribution in [0, 0.1) is 0 Å². The summed E-state index contributed by atoms with van der Waals surface area (Å²) in [5, 5.41) is 23.4. The van der Waals surface area contributed by atoms with Crippen molar-refractivity contribution in [3.63, 3.8) is 0 Å². The summed E-state index contributed by atoms with van der Waals surface area (Å²) in [6.07, 6.45) is 75.1. The Morgan fingerprint density at radius 1 is 0.375 bits per heavy atom. The number of carbonyl (C=O) groups is 2. The molecule has 0 saturated heterocycles. The van der Waals surface area contributed by atoms with Crippen molar-refractivity contribution >= 4 is 11.9 Å². The topological polar surface area (TPSA) is 95.9 Å². The molecule has 6 nitrogen and oxygen atoms in total. The van der Waals surface area contributed by atoms with Gasteiger partial charge in [0.25, 0.3) is 0 Å². The molecule has 2 atom stereocenters. The van der Waals surface area contributed by atoms with E-state index in [1.54, 1.807) is 0 Å². The number of aliphatic hydroxyl groups is 2. The van der Waals surface area contributed by atoms with Gasteiger partial charge in [-0.1, -0.05) is 321 Å². The molecule has 3 N–H and O–H groups in total. The van der Waals surface area contributed by atoms with Crippen LogP contribution in [0.2, 0.25) is 0 Å². The number of ether oxygens (including phenoxy) is 1. The van der Waals surface area contributed by atoms with Crippen molar-refractivity contribution in [2.24, 2.45) is 0 Å². The zero-order valence-electron chi connectivity index (χ0n) is 48.9. The summed E-state index contributed by atoms with van der Waals surface area (Å²) in [6, 6.07) is -0.552. The molecule has 1 amide bonds. The molecule has 0 aromatic rings. The molecule has 72 heavy (non-hydrogen) atoms. The molecule has 6 heteroatoms. The fraction of sp³-hybridized carbons (Fsp3) is 0.939. The number of allylic oxidation sites excluding steroid dienone is 2. The number of unbranched alkanes of at least 4 members (excludes halogenated alkanes) is 49. The average molecular weight is 1020 g/mol. The van der Waals surface area contributed by atoms with E-state index in [4.69, 9.17) is 4.74 Å². The van der Waals surface area contributed by atoms with E-state index in [1.807, 2.05) is 0 Å². The van der Waals surface area contributed by atoms with Gasteiger partial charge >= 0.3 is 5.97 Å². The average Bonchev–Trinajstić information content (AvgIpc) is 3.38. The Labute approximate surface area is 450 Å². The van der Waals surface area contributed by atoms with Crippen LogP contribution in [0.25, 0.3) is 0 Å². The SMILES string of the molecule is CCCCCCCCCCCCCCCCCCCCCCCCC(O)C(CO)NC(=O)CCCCCCC/C=C\CCCCCCCCCCCOC(=O)CCCCCCCCCCCCCCCCC. The van der Waals surface area contributed by atoms with Crippen LogP contribution in [-0.4, -0.2) is 47.4 Å². The number of rotatable bonds is 62. The quantitative estimate of drug-likeness (QED) is 0.0320. The van der Waals surface area contributed by atoms with E-state index in [9.17, 15) is 19.8 Å². The lowest BCUT2D eigenvalue weighted by molar-refractivity contribution is -0.143. The van der Waals surface area contributed by atoms with Gasteiger partial charge in [-0.15, -0.1) is 0 Å². The summed E-state index contributed by atoms with van der Waals surface area (Å²) >= 11 is 0. The number of amides is 1. The molecule has 0 aliphatic heterocycles. The first-order valence-electron chi connectivity index (χ1n) is 32.9. The first kappa shape index (κ1) is 70.6. The highest BCUT2D eigenvalue weighted by Crippen LogP contribution is 2.18. The Kier molecular flexibility index (Phi) is 60.9. The van der Waals surface area contributed by atoms with E-state index < -0.39 is 12.1 Å². The zero-order valence-corrected chi connectivity index (χ0v) is 48.9. The van der Waals surface area contributed by atoms with Crippen molar-refractivity contribution in [2.75, 3.05) is 13.2 Å². The highest BCUT2D eigenvalue weighted by molar-refractivity contribution is 5.76. The third-order valence-corrected chi connectivity index (χ3v) is 15.6. The minimum Gasteiger partial charge on any atom is -0.466 e. The van der Waals surface area contributed by atoms with Crippen LogP contribution in [0.3, 0.4) is 0 Å². The highest BCUT2D eigenvalue weighted by atomic mass is 16.5. The second kappa shape index (κ2) is 62.1. The molecule has 0 rings (SSSR count). The smallest absolute Gasteiger partial charge is 0.305 e. The molecule has 0 bridgehead atoms. The van der Waals surface area contributed by atoms with E-state index in [0.717, 1.165) is 51.4 Å². The monoisotopic (exact) mass is 1020 g/mol. The van der Waals surface area contributed by atoms with Crippen molar-refractivity contribution in [1.82, 2.24) is 5.32 Å². The van der Waals surface area contributed by atoms with Gasteiger partial charge in [0.15, 0.2) is 0 Å². The molecular formula is C66H129NO5. The van der Waals surface area contributed by atoms with Crippen LogP contribution < -0.4 is 5.32 Å². The second-order valence-electron chi connectivity index (χ2n) is 22.8. The van der Waals surface area contributed by atoms with Crippen molar-refractivity contribution in [3.05, 3.63) is 12.2 Å². The Morgan fingerprint density at radius 3 is 0.986 bits per heavy atom. The summed E-state index contributed by atoms with van der Waals surface area (Å²) < 4.78 is 5.49. The number of hydrogen-bond donors (Lipinski definition) is 3.